The highest BCUT2D eigenvalue weighted by Crippen LogP contribution is 2.08. The van der Waals surface area contributed by atoms with Crippen LogP contribution in [0.15, 0.2) is 0 Å². The first-order chi connectivity index (χ1) is 7.66. The topological polar surface area (TPSA) is 12.0 Å². The third kappa shape index (κ3) is 12.4. The first-order valence-electron chi connectivity index (χ1n) is 6.98. The molecule has 1 unspecified atom stereocenters. The Labute approximate surface area is 107 Å². The van der Waals surface area contributed by atoms with Crippen molar-refractivity contribution in [1.82, 2.24) is 5.32 Å². The SMILES string of the molecule is CCCCCC(C)NCCSCCC(C)C. The smallest absolute Gasteiger partial charge is 0.00581 e. The van der Waals surface area contributed by atoms with Crippen LogP contribution < -0.4 is 5.32 Å². The summed E-state index contributed by atoms with van der Waals surface area (Å²) in [5.74, 6) is 3.45. The molecule has 0 aliphatic rings. The van der Waals surface area contributed by atoms with Gasteiger partial charge in [-0.1, -0.05) is 40.0 Å². The van der Waals surface area contributed by atoms with Crippen LogP contribution in [0.3, 0.4) is 0 Å². The van der Waals surface area contributed by atoms with Crippen LogP contribution in [0.1, 0.15) is 59.8 Å². The first-order valence-corrected chi connectivity index (χ1v) is 8.13. The van der Waals surface area contributed by atoms with Crippen LogP contribution in [0.4, 0.5) is 0 Å². The Kier molecular flexibility index (Phi) is 12.0. The quantitative estimate of drug-likeness (QED) is 0.544. The second-order valence-corrected chi connectivity index (χ2v) is 6.37. The standard InChI is InChI=1S/C14H31NS/c1-5-6-7-8-14(4)15-10-12-16-11-9-13(2)3/h13-15H,5-12H2,1-4H3. The summed E-state index contributed by atoms with van der Waals surface area (Å²) in [6.07, 6.45) is 6.79. The van der Waals surface area contributed by atoms with Crippen molar-refractivity contribution in [2.24, 2.45) is 5.92 Å². The summed E-state index contributed by atoms with van der Waals surface area (Å²) in [5, 5.41) is 3.61. The molecule has 0 aromatic heterocycles. The van der Waals surface area contributed by atoms with E-state index in [9.17, 15) is 0 Å². The van der Waals surface area contributed by atoms with Crippen molar-refractivity contribution in [3.63, 3.8) is 0 Å². The summed E-state index contributed by atoms with van der Waals surface area (Å²) in [6.45, 7) is 10.4. The number of hydrogen-bond acceptors (Lipinski definition) is 2. The van der Waals surface area contributed by atoms with E-state index in [4.69, 9.17) is 0 Å². The summed E-state index contributed by atoms with van der Waals surface area (Å²) >= 11 is 2.09. The average Bonchev–Trinajstić information content (AvgIpc) is 2.23. The van der Waals surface area contributed by atoms with Gasteiger partial charge in [-0.25, -0.2) is 0 Å². The molecule has 0 bridgehead atoms. The Balaban J connectivity index is 3.12. The van der Waals surface area contributed by atoms with Crippen LogP contribution in [0.5, 0.6) is 0 Å². The fourth-order valence-electron chi connectivity index (χ4n) is 1.60. The molecule has 0 aliphatic carbocycles. The van der Waals surface area contributed by atoms with E-state index in [0.717, 1.165) is 5.92 Å². The lowest BCUT2D eigenvalue weighted by Gasteiger charge is -2.13. The van der Waals surface area contributed by atoms with E-state index in [-0.39, 0.29) is 0 Å². The molecule has 0 radical (unpaired) electrons. The Morgan fingerprint density at radius 3 is 2.38 bits per heavy atom. The Hall–Kier alpha value is 0.310. The Morgan fingerprint density at radius 1 is 1.00 bits per heavy atom. The zero-order valence-electron chi connectivity index (χ0n) is 11.7. The van der Waals surface area contributed by atoms with E-state index in [1.165, 1.54) is 50.2 Å². The van der Waals surface area contributed by atoms with Crippen LogP contribution in [0.25, 0.3) is 0 Å². The lowest BCUT2D eigenvalue weighted by atomic mass is 10.1. The molecule has 0 fully saturated rings. The molecule has 2 heteroatoms. The molecule has 16 heavy (non-hydrogen) atoms. The molecular formula is C14H31NS. The molecule has 0 saturated carbocycles. The summed E-state index contributed by atoms with van der Waals surface area (Å²) in [6, 6.07) is 0.706. The number of hydrogen-bond donors (Lipinski definition) is 1. The van der Waals surface area contributed by atoms with Crippen molar-refractivity contribution < 1.29 is 0 Å². The minimum atomic E-state index is 0.706. The molecule has 0 aliphatic heterocycles. The van der Waals surface area contributed by atoms with Crippen LogP contribution in [0.2, 0.25) is 0 Å². The van der Waals surface area contributed by atoms with Crippen molar-refractivity contribution in [2.45, 2.75) is 65.8 Å². The molecule has 98 valence electrons. The predicted octanol–water partition coefficient (Wildman–Crippen LogP) is 4.32. The van der Waals surface area contributed by atoms with Crippen LogP contribution in [-0.4, -0.2) is 24.1 Å². The van der Waals surface area contributed by atoms with Crippen LogP contribution in [0, 0.1) is 5.92 Å². The molecule has 0 saturated heterocycles. The van der Waals surface area contributed by atoms with E-state index in [0.29, 0.717) is 6.04 Å². The highest BCUT2D eigenvalue weighted by Gasteiger charge is 2.00. The molecule has 1 atom stereocenters. The molecule has 0 amide bonds. The Bertz CT molecular complexity index is 137. The largest absolute Gasteiger partial charge is 0.313 e. The third-order valence-electron chi connectivity index (χ3n) is 2.82. The van der Waals surface area contributed by atoms with Crippen molar-refractivity contribution in [1.29, 1.82) is 0 Å². The van der Waals surface area contributed by atoms with Crippen molar-refractivity contribution in [3.05, 3.63) is 0 Å². The van der Waals surface area contributed by atoms with Gasteiger partial charge in [0.15, 0.2) is 0 Å². The summed E-state index contributed by atoms with van der Waals surface area (Å²) in [4.78, 5) is 0. The first kappa shape index (κ1) is 16.3. The lowest BCUT2D eigenvalue weighted by Crippen LogP contribution is -2.28. The zero-order chi connectivity index (χ0) is 12.2. The summed E-state index contributed by atoms with van der Waals surface area (Å²) in [5.41, 5.74) is 0. The van der Waals surface area contributed by atoms with Gasteiger partial charge in [0.05, 0.1) is 0 Å². The van der Waals surface area contributed by atoms with Gasteiger partial charge in [0.25, 0.3) is 0 Å². The van der Waals surface area contributed by atoms with Gasteiger partial charge in [-0.2, -0.15) is 11.8 Å². The monoisotopic (exact) mass is 245 g/mol. The fraction of sp³-hybridized carbons (Fsp3) is 1.00. The molecule has 0 rings (SSSR count). The van der Waals surface area contributed by atoms with Crippen molar-refractivity contribution in [3.8, 4) is 0 Å². The van der Waals surface area contributed by atoms with Gasteiger partial charge in [-0.3, -0.25) is 0 Å². The second kappa shape index (κ2) is 11.8. The van der Waals surface area contributed by atoms with Crippen LogP contribution >= 0.6 is 11.8 Å². The molecule has 0 aromatic carbocycles. The van der Waals surface area contributed by atoms with Gasteiger partial charge in [0.1, 0.15) is 0 Å². The molecular weight excluding hydrogens is 214 g/mol. The highest BCUT2D eigenvalue weighted by molar-refractivity contribution is 7.99. The molecule has 1 nitrogen and oxygen atoms in total. The van der Waals surface area contributed by atoms with E-state index < -0.39 is 0 Å². The number of nitrogens with one attached hydrogen (secondary N) is 1. The molecule has 0 spiro atoms. The average molecular weight is 245 g/mol. The zero-order valence-corrected chi connectivity index (χ0v) is 12.5. The molecule has 0 aromatic rings. The van der Waals surface area contributed by atoms with E-state index in [2.05, 4.69) is 44.8 Å². The predicted molar refractivity (Wildman–Crippen MR) is 78.4 cm³/mol. The number of rotatable bonds is 11. The van der Waals surface area contributed by atoms with Gasteiger partial charge in [-0.05, 0) is 31.4 Å². The van der Waals surface area contributed by atoms with E-state index in [1.807, 2.05) is 0 Å². The minimum Gasteiger partial charge on any atom is -0.313 e. The normalized spacial score (nSPS) is 13.3. The van der Waals surface area contributed by atoms with Crippen molar-refractivity contribution in [2.75, 3.05) is 18.1 Å². The van der Waals surface area contributed by atoms with Gasteiger partial charge in [0.2, 0.25) is 0 Å². The van der Waals surface area contributed by atoms with Crippen LogP contribution in [-0.2, 0) is 0 Å². The number of unbranched alkanes of at least 4 members (excludes halogenated alkanes) is 2. The third-order valence-corrected chi connectivity index (χ3v) is 3.84. The van der Waals surface area contributed by atoms with E-state index >= 15 is 0 Å². The molecule has 0 heterocycles. The fourth-order valence-corrected chi connectivity index (χ4v) is 2.71. The maximum Gasteiger partial charge on any atom is 0.00581 e. The van der Waals surface area contributed by atoms with Gasteiger partial charge in [-0.15, -0.1) is 0 Å². The lowest BCUT2D eigenvalue weighted by molar-refractivity contribution is 0.502. The number of thioether (sulfide) groups is 1. The summed E-state index contributed by atoms with van der Waals surface area (Å²) < 4.78 is 0. The van der Waals surface area contributed by atoms with Crippen molar-refractivity contribution >= 4 is 11.8 Å². The highest BCUT2D eigenvalue weighted by atomic mass is 32.2. The minimum absolute atomic E-state index is 0.706. The summed E-state index contributed by atoms with van der Waals surface area (Å²) in [7, 11) is 0. The Morgan fingerprint density at radius 2 is 1.75 bits per heavy atom. The maximum atomic E-state index is 3.61. The maximum absolute atomic E-state index is 3.61. The van der Waals surface area contributed by atoms with Gasteiger partial charge >= 0.3 is 0 Å². The van der Waals surface area contributed by atoms with Gasteiger partial charge in [0, 0.05) is 18.3 Å². The second-order valence-electron chi connectivity index (χ2n) is 5.15. The van der Waals surface area contributed by atoms with Gasteiger partial charge < -0.3 is 5.32 Å². The van der Waals surface area contributed by atoms with E-state index in [1.54, 1.807) is 0 Å². The molecule has 1 N–H and O–H groups in total.